The smallest absolute Gasteiger partial charge is 0.130 e. The van der Waals surface area contributed by atoms with E-state index in [4.69, 9.17) is 9.84 Å². The standard InChI is InChI=1S/C24H25FO2/c1-27-19-14-15-20-18(17-19)9-8-12-22(23-11-5-6-13-24(23)25)21(20)10-4-2-3-7-16-26/h5-6,11,13-15,17,26H,2-3,7-9,12,16H2,1H3. The molecule has 1 N–H and O–H groups in total. The van der Waals surface area contributed by atoms with E-state index in [0.717, 1.165) is 61.0 Å². The van der Waals surface area contributed by atoms with E-state index >= 15 is 0 Å². The minimum absolute atomic E-state index is 0.188. The normalized spacial score (nSPS) is 13.4. The van der Waals surface area contributed by atoms with Crippen LogP contribution in [0.5, 0.6) is 5.75 Å². The number of methoxy groups -OCH3 is 1. The second-order valence-corrected chi connectivity index (χ2v) is 6.69. The van der Waals surface area contributed by atoms with Gasteiger partial charge >= 0.3 is 0 Å². The summed E-state index contributed by atoms with van der Waals surface area (Å²) < 4.78 is 19.9. The third-order valence-corrected chi connectivity index (χ3v) is 4.88. The van der Waals surface area contributed by atoms with Gasteiger partial charge in [-0.25, -0.2) is 4.39 Å². The Morgan fingerprint density at radius 2 is 1.93 bits per heavy atom. The number of unbranched alkanes of at least 4 members (excludes halogenated alkanes) is 2. The Labute approximate surface area is 160 Å². The van der Waals surface area contributed by atoms with Crippen molar-refractivity contribution < 1.29 is 14.2 Å². The molecular weight excluding hydrogens is 339 g/mol. The molecule has 0 amide bonds. The Morgan fingerprint density at radius 3 is 2.70 bits per heavy atom. The molecular formula is C24H25FO2. The zero-order valence-corrected chi connectivity index (χ0v) is 15.7. The number of aliphatic hydroxyl groups is 1. The molecule has 27 heavy (non-hydrogen) atoms. The average molecular weight is 364 g/mol. The van der Waals surface area contributed by atoms with Crippen LogP contribution in [0.2, 0.25) is 0 Å². The largest absolute Gasteiger partial charge is 0.497 e. The number of aryl methyl sites for hydroxylation is 1. The molecule has 3 rings (SSSR count). The molecule has 0 radical (unpaired) electrons. The molecule has 0 heterocycles. The highest BCUT2D eigenvalue weighted by Gasteiger charge is 2.19. The SMILES string of the molecule is COc1ccc2c(c1)CCCC(c1ccccc1F)=C2C#CCCCCO. The third kappa shape index (κ3) is 4.59. The summed E-state index contributed by atoms with van der Waals surface area (Å²) in [5.41, 5.74) is 4.80. The van der Waals surface area contributed by atoms with E-state index in [1.165, 1.54) is 11.6 Å². The summed E-state index contributed by atoms with van der Waals surface area (Å²) in [6.45, 7) is 0.188. The number of hydrogen-bond acceptors (Lipinski definition) is 2. The summed E-state index contributed by atoms with van der Waals surface area (Å²) >= 11 is 0. The van der Waals surface area contributed by atoms with Gasteiger partial charge in [-0.3, -0.25) is 0 Å². The van der Waals surface area contributed by atoms with E-state index in [0.29, 0.717) is 5.56 Å². The highest BCUT2D eigenvalue weighted by atomic mass is 19.1. The molecule has 1 aliphatic carbocycles. The second-order valence-electron chi connectivity index (χ2n) is 6.69. The maximum Gasteiger partial charge on any atom is 0.130 e. The van der Waals surface area contributed by atoms with Crippen molar-refractivity contribution in [2.24, 2.45) is 0 Å². The van der Waals surface area contributed by atoms with Gasteiger partial charge in [-0.15, -0.1) is 0 Å². The highest BCUT2D eigenvalue weighted by molar-refractivity contribution is 5.99. The molecule has 0 fully saturated rings. The summed E-state index contributed by atoms with van der Waals surface area (Å²) in [6, 6.07) is 13.0. The van der Waals surface area contributed by atoms with Crippen LogP contribution in [0.4, 0.5) is 4.39 Å². The van der Waals surface area contributed by atoms with Crippen molar-refractivity contribution >= 4 is 11.1 Å². The quantitative estimate of drug-likeness (QED) is 0.580. The van der Waals surface area contributed by atoms with Gasteiger partial charge < -0.3 is 9.84 Å². The lowest BCUT2D eigenvalue weighted by atomic mass is 9.92. The molecule has 0 aliphatic heterocycles. The zero-order chi connectivity index (χ0) is 19.1. The van der Waals surface area contributed by atoms with Crippen molar-refractivity contribution in [3.8, 4) is 17.6 Å². The minimum atomic E-state index is -0.205. The zero-order valence-electron chi connectivity index (χ0n) is 15.7. The average Bonchev–Trinajstić information content (AvgIpc) is 2.87. The van der Waals surface area contributed by atoms with Crippen molar-refractivity contribution in [3.63, 3.8) is 0 Å². The maximum absolute atomic E-state index is 14.5. The van der Waals surface area contributed by atoms with Crippen LogP contribution in [0.15, 0.2) is 42.5 Å². The number of aliphatic hydroxyl groups excluding tert-OH is 1. The Kier molecular flexibility index (Phi) is 6.68. The van der Waals surface area contributed by atoms with Crippen LogP contribution in [0, 0.1) is 17.7 Å². The summed E-state index contributed by atoms with van der Waals surface area (Å²) in [5.74, 6) is 7.19. The van der Waals surface area contributed by atoms with Crippen LogP contribution >= 0.6 is 0 Å². The van der Waals surface area contributed by atoms with Crippen LogP contribution in [0.1, 0.15) is 48.8 Å². The van der Waals surface area contributed by atoms with Gasteiger partial charge in [0.15, 0.2) is 0 Å². The van der Waals surface area contributed by atoms with E-state index in [-0.39, 0.29) is 12.4 Å². The first-order valence-electron chi connectivity index (χ1n) is 9.49. The topological polar surface area (TPSA) is 29.5 Å². The molecule has 2 aromatic rings. The van der Waals surface area contributed by atoms with E-state index in [1.54, 1.807) is 13.2 Å². The predicted molar refractivity (Wildman–Crippen MR) is 108 cm³/mol. The van der Waals surface area contributed by atoms with Crippen molar-refractivity contribution in [2.75, 3.05) is 13.7 Å². The highest BCUT2D eigenvalue weighted by Crippen LogP contribution is 2.37. The maximum atomic E-state index is 14.5. The van der Waals surface area contributed by atoms with Gasteiger partial charge in [-0.2, -0.15) is 0 Å². The number of rotatable bonds is 5. The molecule has 0 unspecified atom stereocenters. The van der Waals surface area contributed by atoms with Crippen molar-refractivity contribution in [1.82, 2.24) is 0 Å². The van der Waals surface area contributed by atoms with E-state index in [2.05, 4.69) is 17.9 Å². The molecule has 3 heteroatoms. The molecule has 1 aliphatic rings. The Hall–Kier alpha value is -2.57. The fourth-order valence-corrected chi connectivity index (χ4v) is 3.49. The van der Waals surface area contributed by atoms with Gasteiger partial charge in [0, 0.05) is 24.2 Å². The summed E-state index contributed by atoms with van der Waals surface area (Å²) in [4.78, 5) is 0. The third-order valence-electron chi connectivity index (χ3n) is 4.88. The molecule has 0 saturated carbocycles. The number of fused-ring (bicyclic) bond motifs is 1. The first kappa shape index (κ1) is 19.2. The number of benzene rings is 2. The fourth-order valence-electron chi connectivity index (χ4n) is 3.49. The summed E-state index contributed by atoms with van der Waals surface area (Å²) in [7, 11) is 1.67. The Balaban J connectivity index is 2.11. The lowest BCUT2D eigenvalue weighted by Gasteiger charge is -2.12. The first-order valence-corrected chi connectivity index (χ1v) is 9.49. The van der Waals surface area contributed by atoms with Crippen LogP contribution in [0.3, 0.4) is 0 Å². The second kappa shape index (κ2) is 9.39. The van der Waals surface area contributed by atoms with Gasteiger partial charge in [0.25, 0.3) is 0 Å². The van der Waals surface area contributed by atoms with Crippen LogP contribution in [0.25, 0.3) is 11.1 Å². The monoisotopic (exact) mass is 364 g/mol. The van der Waals surface area contributed by atoms with Crippen molar-refractivity contribution in [1.29, 1.82) is 0 Å². The lowest BCUT2D eigenvalue weighted by Crippen LogP contribution is -1.95. The molecule has 0 spiro atoms. The summed E-state index contributed by atoms with van der Waals surface area (Å²) in [5, 5.41) is 8.94. The van der Waals surface area contributed by atoms with Gasteiger partial charge in [0.2, 0.25) is 0 Å². The number of hydrogen-bond donors (Lipinski definition) is 1. The first-order chi connectivity index (χ1) is 13.2. The number of allylic oxidation sites excluding steroid dienone is 2. The van der Waals surface area contributed by atoms with E-state index in [1.807, 2.05) is 24.3 Å². The molecule has 2 nitrogen and oxygen atoms in total. The number of halogens is 1. The van der Waals surface area contributed by atoms with E-state index in [9.17, 15) is 4.39 Å². The predicted octanol–water partition coefficient (Wildman–Crippen LogP) is 5.25. The van der Waals surface area contributed by atoms with Crippen LogP contribution in [-0.4, -0.2) is 18.8 Å². The van der Waals surface area contributed by atoms with Gasteiger partial charge in [-0.05, 0) is 73.1 Å². The van der Waals surface area contributed by atoms with Crippen molar-refractivity contribution in [2.45, 2.75) is 38.5 Å². The molecule has 0 saturated heterocycles. The van der Waals surface area contributed by atoms with Crippen molar-refractivity contribution in [3.05, 3.63) is 65.0 Å². The van der Waals surface area contributed by atoms with Crippen LogP contribution in [-0.2, 0) is 6.42 Å². The molecule has 0 atom stereocenters. The fraction of sp³-hybridized carbons (Fsp3) is 0.333. The molecule has 2 aromatic carbocycles. The van der Waals surface area contributed by atoms with Gasteiger partial charge in [-0.1, -0.05) is 30.0 Å². The molecule has 0 bridgehead atoms. The summed E-state index contributed by atoms with van der Waals surface area (Å²) in [6.07, 6.45) is 4.99. The van der Waals surface area contributed by atoms with Crippen LogP contribution < -0.4 is 4.74 Å². The lowest BCUT2D eigenvalue weighted by molar-refractivity contribution is 0.285. The Morgan fingerprint density at radius 1 is 1.07 bits per heavy atom. The molecule has 0 aromatic heterocycles. The number of ether oxygens (including phenoxy) is 1. The Bertz CT molecular complexity index is 887. The van der Waals surface area contributed by atoms with Gasteiger partial charge in [0.05, 0.1) is 7.11 Å². The van der Waals surface area contributed by atoms with Gasteiger partial charge in [0.1, 0.15) is 11.6 Å². The minimum Gasteiger partial charge on any atom is -0.497 e. The molecule has 140 valence electrons. The van der Waals surface area contributed by atoms with E-state index < -0.39 is 0 Å².